The number of rotatable bonds is 10. The molecule has 0 fully saturated rings. The predicted molar refractivity (Wildman–Crippen MR) is 73.3 cm³/mol. The van der Waals surface area contributed by atoms with Crippen molar-refractivity contribution in [2.24, 2.45) is 5.92 Å². The van der Waals surface area contributed by atoms with E-state index in [1.54, 1.807) is 0 Å². The smallest absolute Gasteiger partial charge is 0.461 e. The second-order valence-corrected chi connectivity index (χ2v) is 6.81. The van der Waals surface area contributed by atoms with Gasteiger partial charge in [-0.2, -0.15) is 74.6 Å². The summed E-state index contributed by atoms with van der Waals surface area (Å²) < 4.78 is 227. The van der Waals surface area contributed by atoms with Crippen LogP contribution in [0.15, 0.2) is 0 Å². The topological polar surface area (TPSA) is 44.8 Å². The van der Waals surface area contributed by atoms with Crippen LogP contribution in [-0.4, -0.2) is 61.0 Å². The van der Waals surface area contributed by atoms with Crippen molar-refractivity contribution in [3.63, 3.8) is 0 Å². The van der Waals surface area contributed by atoms with E-state index in [2.05, 4.69) is 4.74 Å². The zero-order chi connectivity index (χ0) is 28.7. The minimum absolute atomic E-state index is 0.437. The maximum atomic E-state index is 14.1. The molecule has 0 radical (unpaired) electrons. The second-order valence-electron chi connectivity index (χ2n) is 6.81. The van der Waals surface area contributed by atoms with Gasteiger partial charge in [0.05, 0.1) is 6.61 Å². The molecule has 0 aromatic heterocycles. The lowest BCUT2D eigenvalue weighted by Crippen LogP contribution is -2.68. The van der Waals surface area contributed by atoms with Gasteiger partial charge in [-0.25, -0.2) is 4.79 Å². The van der Waals surface area contributed by atoms with Gasteiger partial charge in [-0.05, 0) is 12.3 Å². The Morgan fingerprint density at radius 3 is 1.37 bits per heavy atom. The van der Waals surface area contributed by atoms with E-state index >= 15 is 0 Å². The summed E-state index contributed by atoms with van der Waals surface area (Å²) in [6.07, 6.45) is -39.0. The van der Waals surface area contributed by atoms with E-state index in [0.29, 0.717) is 0 Å². The summed E-state index contributed by atoms with van der Waals surface area (Å²) in [7, 11) is 0. The number of alkyl halides is 17. The third kappa shape index (κ3) is 6.50. The number of esters is 1. The van der Waals surface area contributed by atoms with Crippen LogP contribution in [0.2, 0.25) is 0 Å². The van der Waals surface area contributed by atoms with Gasteiger partial charge in [0, 0.05) is 0 Å². The molecule has 0 aliphatic rings. The molecule has 210 valence electrons. The van der Waals surface area contributed by atoms with Crippen molar-refractivity contribution in [1.29, 1.82) is 0 Å². The number of carbonyl (C=O) groups is 1. The van der Waals surface area contributed by atoms with Crippen LogP contribution < -0.4 is 0 Å². The van der Waals surface area contributed by atoms with Gasteiger partial charge in [-0.15, -0.1) is 0 Å². The molecule has 2 unspecified atom stereocenters. The fourth-order valence-electron chi connectivity index (χ4n) is 1.63. The van der Waals surface area contributed by atoms with Crippen molar-refractivity contribution in [2.45, 2.75) is 68.6 Å². The first-order chi connectivity index (χ1) is 15.0. The van der Waals surface area contributed by atoms with Crippen molar-refractivity contribution < 1.29 is 93.6 Å². The Bertz CT molecular complexity index is 741. The predicted octanol–water partition coefficient (Wildman–Crippen LogP) is 6.45. The first-order valence-corrected chi connectivity index (χ1v) is 8.29. The summed E-state index contributed by atoms with van der Waals surface area (Å²) in [6.45, 7) is 1.36. The third-order valence-corrected chi connectivity index (χ3v) is 3.55. The molecular weight excluding hydrogens is 555 g/mol. The van der Waals surface area contributed by atoms with E-state index in [0.717, 1.165) is 0 Å². The van der Waals surface area contributed by atoms with Crippen LogP contribution in [0.4, 0.5) is 74.6 Å². The molecule has 0 aromatic rings. The molecule has 0 heterocycles. The summed E-state index contributed by atoms with van der Waals surface area (Å²) in [5, 5.41) is 0. The third-order valence-electron chi connectivity index (χ3n) is 3.55. The fourth-order valence-corrected chi connectivity index (χ4v) is 1.63. The standard InChI is InChI=1S/C14H11F17O4/c1-5(2)3-4-33-6(32)7(15,10(19,20)21)34-14(30,31)9(18,12(25,26)27)35-13(28,29)8(16,17)11(22,23)24/h5H,3-4H2,1-2H3. The molecular formula is C14H11F17O4. The van der Waals surface area contributed by atoms with Crippen molar-refractivity contribution in [3.8, 4) is 0 Å². The Labute approximate surface area is 182 Å². The van der Waals surface area contributed by atoms with Gasteiger partial charge in [-0.1, -0.05) is 13.8 Å². The molecule has 21 heteroatoms. The number of ether oxygens (including phenoxy) is 3. The van der Waals surface area contributed by atoms with E-state index in [9.17, 15) is 79.4 Å². The summed E-state index contributed by atoms with van der Waals surface area (Å²) in [6, 6.07) is 0. The van der Waals surface area contributed by atoms with Crippen molar-refractivity contribution in [2.75, 3.05) is 6.61 Å². The number of halogens is 17. The Balaban J connectivity index is 6.59. The van der Waals surface area contributed by atoms with Crippen molar-refractivity contribution in [3.05, 3.63) is 0 Å². The zero-order valence-corrected chi connectivity index (χ0v) is 16.5. The summed E-state index contributed by atoms with van der Waals surface area (Å²) in [5.41, 5.74) is 0. The molecule has 0 aliphatic carbocycles. The lowest BCUT2D eigenvalue weighted by atomic mass is 10.1. The number of hydrogen-bond donors (Lipinski definition) is 0. The summed E-state index contributed by atoms with van der Waals surface area (Å²) in [4.78, 5) is 11.3. The molecule has 0 bridgehead atoms. The maximum Gasteiger partial charge on any atom is 0.462 e. The fraction of sp³-hybridized carbons (Fsp3) is 0.929. The summed E-state index contributed by atoms with van der Waals surface area (Å²) in [5.74, 6) is -26.9. The molecule has 0 saturated carbocycles. The largest absolute Gasteiger partial charge is 0.462 e. The molecule has 0 aromatic carbocycles. The SMILES string of the molecule is CC(C)CCOC(=O)C(F)(OC(F)(F)C(F)(OC(F)(F)C(F)(F)C(F)(F)F)C(F)(F)F)C(F)(F)F. The van der Waals surface area contributed by atoms with E-state index in [-0.39, 0.29) is 0 Å². The highest BCUT2D eigenvalue weighted by atomic mass is 19.4. The normalized spacial score (nSPS) is 18.3. The van der Waals surface area contributed by atoms with Gasteiger partial charge in [0.15, 0.2) is 0 Å². The zero-order valence-electron chi connectivity index (χ0n) is 16.5. The quantitative estimate of drug-likeness (QED) is 0.226. The molecule has 4 nitrogen and oxygen atoms in total. The van der Waals surface area contributed by atoms with Gasteiger partial charge in [0.2, 0.25) is 0 Å². The minimum Gasteiger partial charge on any atom is -0.461 e. The first kappa shape index (κ1) is 33.2. The number of hydrogen-bond acceptors (Lipinski definition) is 4. The van der Waals surface area contributed by atoms with Crippen LogP contribution >= 0.6 is 0 Å². The minimum atomic E-state index is -8.04. The molecule has 0 amide bonds. The molecule has 0 aliphatic heterocycles. The van der Waals surface area contributed by atoms with Gasteiger partial charge in [0.1, 0.15) is 0 Å². The van der Waals surface area contributed by atoms with Crippen LogP contribution in [0.3, 0.4) is 0 Å². The molecule has 0 spiro atoms. The first-order valence-electron chi connectivity index (χ1n) is 8.29. The van der Waals surface area contributed by atoms with Crippen LogP contribution in [-0.2, 0) is 19.0 Å². The second kappa shape index (κ2) is 9.58. The van der Waals surface area contributed by atoms with Crippen LogP contribution in [0.25, 0.3) is 0 Å². The van der Waals surface area contributed by atoms with Crippen LogP contribution in [0.5, 0.6) is 0 Å². The maximum absolute atomic E-state index is 14.1. The highest BCUT2D eigenvalue weighted by Gasteiger charge is 2.85. The highest BCUT2D eigenvalue weighted by molar-refractivity contribution is 5.78. The summed E-state index contributed by atoms with van der Waals surface area (Å²) >= 11 is 0. The van der Waals surface area contributed by atoms with E-state index in [1.807, 2.05) is 4.74 Å². The Morgan fingerprint density at radius 1 is 0.629 bits per heavy atom. The molecule has 35 heavy (non-hydrogen) atoms. The van der Waals surface area contributed by atoms with Gasteiger partial charge in [0.25, 0.3) is 0 Å². The molecule has 0 rings (SSSR count). The average molecular weight is 566 g/mol. The number of carbonyl (C=O) groups excluding carboxylic acids is 1. The molecule has 0 N–H and O–H groups in total. The van der Waals surface area contributed by atoms with E-state index in [1.165, 1.54) is 18.6 Å². The van der Waals surface area contributed by atoms with Gasteiger partial charge < -0.3 is 4.74 Å². The lowest BCUT2D eigenvalue weighted by Gasteiger charge is -2.39. The molecule has 0 saturated heterocycles. The lowest BCUT2D eigenvalue weighted by molar-refractivity contribution is -0.548. The monoisotopic (exact) mass is 566 g/mol. The van der Waals surface area contributed by atoms with Crippen LogP contribution in [0, 0.1) is 5.92 Å². The Morgan fingerprint density at radius 2 is 1.06 bits per heavy atom. The Kier molecular flexibility index (Phi) is 9.09. The Hall–Kier alpha value is -1.80. The van der Waals surface area contributed by atoms with Crippen molar-refractivity contribution >= 4 is 5.97 Å². The molecule has 2 atom stereocenters. The highest BCUT2D eigenvalue weighted by Crippen LogP contribution is 2.56. The van der Waals surface area contributed by atoms with Crippen molar-refractivity contribution in [1.82, 2.24) is 0 Å². The van der Waals surface area contributed by atoms with E-state index < -0.39 is 73.3 Å². The van der Waals surface area contributed by atoms with Crippen LogP contribution in [0.1, 0.15) is 20.3 Å². The van der Waals surface area contributed by atoms with E-state index in [4.69, 9.17) is 0 Å². The van der Waals surface area contributed by atoms with Gasteiger partial charge in [-0.3, -0.25) is 9.47 Å². The average Bonchev–Trinajstić information content (AvgIpc) is 2.57. The van der Waals surface area contributed by atoms with Gasteiger partial charge >= 0.3 is 54.3 Å².